The zero-order valence-electron chi connectivity index (χ0n) is 12.5. The maximum atomic E-state index is 8.94. The fourth-order valence-electron chi connectivity index (χ4n) is 2.57. The van der Waals surface area contributed by atoms with Gasteiger partial charge in [-0.15, -0.1) is 0 Å². The van der Waals surface area contributed by atoms with Gasteiger partial charge in [-0.05, 0) is 42.2 Å². The molecule has 2 aromatic carbocycles. The van der Waals surface area contributed by atoms with E-state index >= 15 is 0 Å². The number of aromatic nitrogens is 2. The Hall–Kier alpha value is -2.86. The van der Waals surface area contributed by atoms with Crippen LogP contribution in [0.4, 0.5) is 0 Å². The number of benzene rings is 2. The van der Waals surface area contributed by atoms with E-state index in [4.69, 9.17) is 5.26 Å². The highest BCUT2D eigenvalue weighted by molar-refractivity contribution is 5.66. The van der Waals surface area contributed by atoms with Gasteiger partial charge in [0.1, 0.15) is 0 Å². The monoisotopic (exact) mass is 287 g/mol. The van der Waals surface area contributed by atoms with Gasteiger partial charge in [0.15, 0.2) is 0 Å². The first-order valence-corrected chi connectivity index (χ1v) is 7.34. The molecule has 0 unspecified atom stereocenters. The van der Waals surface area contributed by atoms with Crippen LogP contribution in [0.5, 0.6) is 0 Å². The Morgan fingerprint density at radius 3 is 2.68 bits per heavy atom. The van der Waals surface area contributed by atoms with Gasteiger partial charge in [0.25, 0.3) is 0 Å². The molecule has 1 heterocycles. The van der Waals surface area contributed by atoms with E-state index in [0.29, 0.717) is 5.56 Å². The molecule has 108 valence electrons. The van der Waals surface area contributed by atoms with Crippen LogP contribution < -0.4 is 0 Å². The van der Waals surface area contributed by atoms with Crippen molar-refractivity contribution in [3.05, 3.63) is 77.6 Å². The van der Waals surface area contributed by atoms with Crippen LogP contribution in [0.25, 0.3) is 11.1 Å². The molecule has 0 aliphatic carbocycles. The molecule has 0 bridgehead atoms. The summed E-state index contributed by atoms with van der Waals surface area (Å²) in [5.41, 5.74) is 5.33. The summed E-state index contributed by atoms with van der Waals surface area (Å²) >= 11 is 0. The average molecular weight is 287 g/mol. The molecule has 0 saturated carbocycles. The maximum Gasteiger partial charge on any atom is 0.0991 e. The largest absolute Gasteiger partial charge is 0.272 e. The van der Waals surface area contributed by atoms with Gasteiger partial charge in [-0.3, -0.25) is 4.68 Å². The Morgan fingerprint density at radius 1 is 1.14 bits per heavy atom. The first-order chi connectivity index (χ1) is 10.8. The molecular formula is C19H17N3. The first kappa shape index (κ1) is 14.1. The number of nitrogens with zero attached hydrogens (tertiary/aromatic N) is 3. The van der Waals surface area contributed by atoms with Crippen LogP contribution in [-0.2, 0) is 13.0 Å². The SMILES string of the molecule is Cc1cc(C#N)ccc1-c1cnn(CCc2ccccc2)c1. The second kappa shape index (κ2) is 6.28. The van der Waals surface area contributed by atoms with Crippen molar-refractivity contribution in [2.24, 2.45) is 0 Å². The van der Waals surface area contributed by atoms with E-state index in [2.05, 4.69) is 41.6 Å². The normalized spacial score (nSPS) is 10.4. The van der Waals surface area contributed by atoms with Crippen molar-refractivity contribution >= 4 is 0 Å². The Morgan fingerprint density at radius 2 is 1.95 bits per heavy atom. The molecule has 0 aliphatic heterocycles. The molecule has 3 aromatic rings. The summed E-state index contributed by atoms with van der Waals surface area (Å²) in [4.78, 5) is 0. The lowest BCUT2D eigenvalue weighted by Gasteiger charge is -2.04. The summed E-state index contributed by atoms with van der Waals surface area (Å²) in [7, 11) is 0. The van der Waals surface area contributed by atoms with Gasteiger partial charge in [-0.2, -0.15) is 10.4 Å². The summed E-state index contributed by atoms with van der Waals surface area (Å²) < 4.78 is 1.97. The van der Waals surface area contributed by atoms with E-state index in [1.165, 1.54) is 5.56 Å². The van der Waals surface area contributed by atoms with Crippen molar-refractivity contribution < 1.29 is 0 Å². The smallest absolute Gasteiger partial charge is 0.0991 e. The average Bonchev–Trinajstić information content (AvgIpc) is 3.02. The maximum absolute atomic E-state index is 8.94. The molecule has 0 spiro atoms. The summed E-state index contributed by atoms with van der Waals surface area (Å²) in [6.07, 6.45) is 4.92. The zero-order chi connectivity index (χ0) is 15.4. The highest BCUT2D eigenvalue weighted by Gasteiger charge is 2.06. The number of rotatable bonds is 4. The Bertz CT molecular complexity index is 810. The highest BCUT2D eigenvalue weighted by Crippen LogP contribution is 2.23. The van der Waals surface area contributed by atoms with Crippen LogP contribution in [0.2, 0.25) is 0 Å². The molecule has 0 atom stereocenters. The molecular weight excluding hydrogens is 270 g/mol. The van der Waals surface area contributed by atoms with Gasteiger partial charge in [0, 0.05) is 18.3 Å². The van der Waals surface area contributed by atoms with E-state index in [-0.39, 0.29) is 0 Å². The predicted molar refractivity (Wildman–Crippen MR) is 87.3 cm³/mol. The quantitative estimate of drug-likeness (QED) is 0.728. The minimum atomic E-state index is 0.692. The molecule has 1 aromatic heterocycles. The van der Waals surface area contributed by atoms with Crippen molar-refractivity contribution in [1.82, 2.24) is 9.78 Å². The molecule has 3 rings (SSSR count). The lowest BCUT2D eigenvalue weighted by molar-refractivity contribution is 0.615. The fraction of sp³-hybridized carbons (Fsp3) is 0.158. The zero-order valence-corrected chi connectivity index (χ0v) is 12.5. The summed E-state index contributed by atoms with van der Waals surface area (Å²) in [5.74, 6) is 0. The second-order valence-corrected chi connectivity index (χ2v) is 5.37. The van der Waals surface area contributed by atoms with Crippen LogP contribution in [-0.4, -0.2) is 9.78 Å². The third-order valence-corrected chi connectivity index (χ3v) is 3.77. The summed E-state index contributed by atoms with van der Waals surface area (Å²) in [6, 6.07) is 18.3. The Labute approximate surface area is 130 Å². The topological polar surface area (TPSA) is 41.6 Å². The van der Waals surface area contributed by atoms with Crippen molar-refractivity contribution in [3.8, 4) is 17.2 Å². The van der Waals surface area contributed by atoms with Crippen LogP contribution in [0.15, 0.2) is 60.9 Å². The number of nitriles is 1. The Kier molecular flexibility index (Phi) is 4.02. The van der Waals surface area contributed by atoms with E-state index in [0.717, 1.165) is 29.7 Å². The first-order valence-electron chi connectivity index (χ1n) is 7.34. The van der Waals surface area contributed by atoms with Gasteiger partial charge in [-0.1, -0.05) is 36.4 Å². The van der Waals surface area contributed by atoms with Crippen molar-refractivity contribution in [3.63, 3.8) is 0 Å². The van der Waals surface area contributed by atoms with Gasteiger partial charge in [0.05, 0.1) is 17.8 Å². The van der Waals surface area contributed by atoms with Gasteiger partial charge in [-0.25, -0.2) is 0 Å². The van der Waals surface area contributed by atoms with Gasteiger partial charge >= 0.3 is 0 Å². The van der Waals surface area contributed by atoms with Crippen molar-refractivity contribution in [1.29, 1.82) is 5.26 Å². The molecule has 22 heavy (non-hydrogen) atoms. The number of hydrogen-bond donors (Lipinski definition) is 0. The highest BCUT2D eigenvalue weighted by atomic mass is 15.3. The molecule has 0 radical (unpaired) electrons. The second-order valence-electron chi connectivity index (χ2n) is 5.37. The third-order valence-electron chi connectivity index (χ3n) is 3.77. The molecule has 0 fully saturated rings. The van der Waals surface area contributed by atoms with Crippen molar-refractivity contribution in [2.75, 3.05) is 0 Å². The lowest BCUT2D eigenvalue weighted by Crippen LogP contribution is -2.01. The molecule has 0 amide bonds. The van der Waals surface area contributed by atoms with Gasteiger partial charge in [0.2, 0.25) is 0 Å². The third kappa shape index (κ3) is 3.07. The van der Waals surface area contributed by atoms with Crippen molar-refractivity contribution in [2.45, 2.75) is 19.9 Å². The molecule has 0 saturated heterocycles. The van der Waals surface area contributed by atoms with Gasteiger partial charge < -0.3 is 0 Å². The van der Waals surface area contributed by atoms with Crippen LogP contribution >= 0.6 is 0 Å². The number of aryl methyl sites for hydroxylation is 3. The van der Waals surface area contributed by atoms with E-state index < -0.39 is 0 Å². The van der Waals surface area contributed by atoms with E-state index in [9.17, 15) is 0 Å². The molecule has 3 heteroatoms. The summed E-state index contributed by atoms with van der Waals surface area (Å²) in [5, 5.41) is 13.4. The van der Waals surface area contributed by atoms with E-state index in [1.54, 1.807) is 0 Å². The Balaban J connectivity index is 1.75. The van der Waals surface area contributed by atoms with Crippen LogP contribution in [0, 0.1) is 18.3 Å². The standard InChI is InChI=1S/C19H17N3/c1-15-11-17(12-20)7-8-19(15)18-13-21-22(14-18)10-9-16-5-3-2-4-6-16/h2-8,11,13-14H,9-10H2,1H3. The molecule has 0 N–H and O–H groups in total. The van der Waals surface area contributed by atoms with Crippen LogP contribution in [0.3, 0.4) is 0 Å². The molecule has 3 nitrogen and oxygen atoms in total. The molecule has 0 aliphatic rings. The number of hydrogen-bond acceptors (Lipinski definition) is 2. The van der Waals surface area contributed by atoms with E-state index in [1.807, 2.05) is 42.1 Å². The lowest BCUT2D eigenvalue weighted by atomic mass is 10.0. The minimum absolute atomic E-state index is 0.692. The van der Waals surface area contributed by atoms with Crippen LogP contribution in [0.1, 0.15) is 16.7 Å². The fourth-order valence-corrected chi connectivity index (χ4v) is 2.57. The summed E-state index contributed by atoms with van der Waals surface area (Å²) in [6.45, 7) is 2.89. The minimum Gasteiger partial charge on any atom is -0.272 e. The predicted octanol–water partition coefficient (Wildman–Crippen LogP) is 3.97.